The van der Waals surface area contributed by atoms with Crippen LogP contribution in [-0.2, 0) is 10.6 Å². The maximum Gasteiger partial charge on any atom is 0.124 e. The average Bonchev–Trinajstić information content (AvgIpc) is 2.45. The second kappa shape index (κ2) is 6.78. The number of rotatable bonds is 6. The van der Waals surface area contributed by atoms with Gasteiger partial charge in [-0.3, -0.25) is 0 Å². The third-order valence-electron chi connectivity index (χ3n) is 3.19. The molecule has 0 amide bonds. The Morgan fingerprint density at radius 1 is 1.16 bits per heavy atom. The van der Waals surface area contributed by atoms with Crippen LogP contribution in [0.4, 0.5) is 0 Å². The Morgan fingerprint density at radius 2 is 1.95 bits per heavy atom. The van der Waals surface area contributed by atoms with Gasteiger partial charge in [0.05, 0.1) is 12.0 Å². The molecule has 0 N–H and O–H groups in total. The van der Waals surface area contributed by atoms with Crippen LogP contribution in [0.15, 0.2) is 36.4 Å². The van der Waals surface area contributed by atoms with Crippen LogP contribution in [0, 0.1) is 0 Å². The van der Waals surface area contributed by atoms with Gasteiger partial charge in [0.2, 0.25) is 0 Å². The second-order valence-electron chi connectivity index (χ2n) is 4.61. The molecule has 2 nitrogen and oxygen atoms in total. The third kappa shape index (κ3) is 3.40. The molecule has 102 valence electrons. The normalized spacial score (nSPS) is 12.6. The zero-order chi connectivity index (χ0) is 13.7. The lowest BCUT2D eigenvalue weighted by Gasteiger charge is -2.18. The Hall–Kier alpha value is -1.25. The molecule has 0 spiro atoms. The first kappa shape index (κ1) is 14.2. The van der Waals surface area contributed by atoms with Crippen molar-refractivity contribution in [2.24, 2.45) is 0 Å². The van der Waals surface area contributed by atoms with E-state index in [-0.39, 0.29) is 6.10 Å². The van der Waals surface area contributed by atoms with Gasteiger partial charge in [-0.2, -0.15) is 0 Å². The van der Waals surface area contributed by atoms with Crippen molar-refractivity contribution in [1.82, 2.24) is 0 Å². The van der Waals surface area contributed by atoms with Gasteiger partial charge < -0.3 is 9.47 Å². The van der Waals surface area contributed by atoms with Gasteiger partial charge >= 0.3 is 0 Å². The molecular formula is C16H19ClO2. The Kier molecular flexibility index (Phi) is 5.06. The molecule has 0 aliphatic carbocycles. The van der Waals surface area contributed by atoms with Crippen LogP contribution in [0.5, 0.6) is 5.75 Å². The summed E-state index contributed by atoms with van der Waals surface area (Å²) >= 11 is 6.09. The molecule has 0 bridgehead atoms. The van der Waals surface area contributed by atoms with Crippen molar-refractivity contribution < 1.29 is 9.47 Å². The van der Waals surface area contributed by atoms with E-state index in [0.717, 1.165) is 23.1 Å². The molecule has 2 aromatic carbocycles. The highest BCUT2D eigenvalue weighted by molar-refractivity contribution is 6.18. The van der Waals surface area contributed by atoms with E-state index in [4.69, 9.17) is 21.1 Å². The number of halogens is 1. The van der Waals surface area contributed by atoms with E-state index in [1.807, 2.05) is 25.1 Å². The summed E-state index contributed by atoms with van der Waals surface area (Å²) < 4.78 is 11.1. The van der Waals surface area contributed by atoms with E-state index in [0.29, 0.717) is 12.5 Å². The molecule has 3 heteroatoms. The fourth-order valence-electron chi connectivity index (χ4n) is 2.12. The van der Waals surface area contributed by atoms with E-state index in [1.54, 1.807) is 7.11 Å². The second-order valence-corrected chi connectivity index (χ2v) is 4.87. The van der Waals surface area contributed by atoms with Gasteiger partial charge in [-0.05, 0) is 23.8 Å². The van der Waals surface area contributed by atoms with E-state index in [2.05, 4.69) is 18.2 Å². The van der Waals surface area contributed by atoms with E-state index in [9.17, 15) is 0 Å². The summed E-state index contributed by atoms with van der Waals surface area (Å²) in [5.41, 5.74) is 1.06. The summed E-state index contributed by atoms with van der Waals surface area (Å²) in [5.74, 6) is 1.32. The van der Waals surface area contributed by atoms with E-state index in [1.165, 1.54) is 5.39 Å². The number of ether oxygens (including phenoxy) is 2. The lowest BCUT2D eigenvalue weighted by molar-refractivity contribution is 0.135. The Labute approximate surface area is 119 Å². The lowest BCUT2D eigenvalue weighted by atomic mass is 10.0. The Balaban J connectivity index is 2.27. The van der Waals surface area contributed by atoms with Crippen molar-refractivity contribution in [3.05, 3.63) is 42.0 Å². The minimum Gasteiger partial charge on any atom is -0.490 e. The molecule has 0 saturated heterocycles. The smallest absolute Gasteiger partial charge is 0.124 e. The number of hydrogen-bond acceptors (Lipinski definition) is 2. The zero-order valence-electron chi connectivity index (χ0n) is 11.4. The SMILES string of the molecule is COCCC(C)Oc1ccc2ccccc2c1CCl. The summed E-state index contributed by atoms with van der Waals surface area (Å²) in [6.45, 7) is 2.75. The predicted molar refractivity (Wildman–Crippen MR) is 80.1 cm³/mol. The number of alkyl halides is 1. The van der Waals surface area contributed by atoms with E-state index >= 15 is 0 Å². The average molecular weight is 279 g/mol. The summed E-state index contributed by atoms with van der Waals surface area (Å²) in [5, 5.41) is 2.35. The monoisotopic (exact) mass is 278 g/mol. The minimum atomic E-state index is 0.114. The Morgan fingerprint density at radius 3 is 2.68 bits per heavy atom. The number of hydrogen-bond donors (Lipinski definition) is 0. The van der Waals surface area contributed by atoms with Crippen molar-refractivity contribution >= 4 is 22.4 Å². The summed E-state index contributed by atoms with van der Waals surface area (Å²) in [6, 6.07) is 12.3. The molecule has 0 aliphatic rings. The third-order valence-corrected chi connectivity index (χ3v) is 3.46. The van der Waals surface area contributed by atoms with Crippen molar-refractivity contribution in [3.63, 3.8) is 0 Å². The van der Waals surface area contributed by atoms with Crippen LogP contribution < -0.4 is 4.74 Å². The molecule has 0 aromatic heterocycles. The summed E-state index contributed by atoms with van der Waals surface area (Å²) in [7, 11) is 1.70. The maximum absolute atomic E-state index is 6.09. The van der Waals surface area contributed by atoms with Gasteiger partial charge in [0, 0.05) is 25.7 Å². The fraction of sp³-hybridized carbons (Fsp3) is 0.375. The molecular weight excluding hydrogens is 260 g/mol. The molecule has 1 unspecified atom stereocenters. The summed E-state index contributed by atoms with van der Waals surface area (Å²) in [4.78, 5) is 0. The maximum atomic E-state index is 6.09. The van der Waals surface area contributed by atoms with Crippen LogP contribution in [0.25, 0.3) is 10.8 Å². The molecule has 19 heavy (non-hydrogen) atoms. The molecule has 0 fully saturated rings. The largest absolute Gasteiger partial charge is 0.490 e. The summed E-state index contributed by atoms with van der Waals surface area (Å²) in [6.07, 6.45) is 0.980. The van der Waals surface area contributed by atoms with Crippen LogP contribution in [0.1, 0.15) is 18.9 Å². The lowest BCUT2D eigenvalue weighted by Crippen LogP contribution is -2.15. The predicted octanol–water partition coefficient (Wildman–Crippen LogP) is 4.38. The van der Waals surface area contributed by atoms with Gasteiger partial charge in [-0.25, -0.2) is 0 Å². The molecule has 0 saturated carbocycles. The van der Waals surface area contributed by atoms with Gasteiger partial charge in [0.25, 0.3) is 0 Å². The van der Waals surface area contributed by atoms with Crippen molar-refractivity contribution in [1.29, 1.82) is 0 Å². The molecule has 1 atom stereocenters. The van der Waals surface area contributed by atoms with Gasteiger partial charge in [-0.15, -0.1) is 11.6 Å². The van der Waals surface area contributed by atoms with Gasteiger partial charge in [0.1, 0.15) is 5.75 Å². The van der Waals surface area contributed by atoms with Gasteiger partial charge in [0.15, 0.2) is 0 Å². The first-order valence-electron chi connectivity index (χ1n) is 6.48. The number of benzene rings is 2. The standard InChI is InChI=1S/C16H19ClO2/c1-12(9-10-18-2)19-16-8-7-13-5-3-4-6-14(13)15(16)11-17/h3-8,12H,9-11H2,1-2H3. The highest BCUT2D eigenvalue weighted by atomic mass is 35.5. The Bertz CT molecular complexity index is 539. The van der Waals surface area contributed by atoms with Crippen LogP contribution >= 0.6 is 11.6 Å². The van der Waals surface area contributed by atoms with Gasteiger partial charge in [-0.1, -0.05) is 30.3 Å². The van der Waals surface area contributed by atoms with Crippen LogP contribution in [0.2, 0.25) is 0 Å². The first-order chi connectivity index (χ1) is 9.26. The van der Waals surface area contributed by atoms with E-state index < -0.39 is 0 Å². The molecule has 2 aromatic rings. The van der Waals surface area contributed by atoms with Crippen molar-refractivity contribution in [2.45, 2.75) is 25.3 Å². The highest BCUT2D eigenvalue weighted by Gasteiger charge is 2.11. The molecule has 2 rings (SSSR count). The molecule has 0 aliphatic heterocycles. The zero-order valence-corrected chi connectivity index (χ0v) is 12.1. The molecule has 0 heterocycles. The fourth-order valence-corrected chi connectivity index (χ4v) is 2.40. The van der Waals surface area contributed by atoms with Crippen molar-refractivity contribution in [2.75, 3.05) is 13.7 Å². The topological polar surface area (TPSA) is 18.5 Å². The van der Waals surface area contributed by atoms with Crippen LogP contribution in [-0.4, -0.2) is 19.8 Å². The highest BCUT2D eigenvalue weighted by Crippen LogP contribution is 2.30. The molecule has 0 radical (unpaired) electrons. The number of methoxy groups -OCH3 is 1. The minimum absolute atomic E-state index is 0.114. The first-order valence-corrected chi connectivity index (χ1v) is 7.02. The van der Waals surface area contributed by atoms with Crippen LogP contribution in [0.3, 0.4) is 0 Å². The van der Waals surface area contributed by atoms with Crippen molar-refractivity contribution in [3.8, 4) is 5.75 Å². The quantitative estimate of drug-likeness (QED) is 0.730. The number of fused-ring (bicyclic) bond motifs is 1.